The van der Waals surface area contributed by atoms with Gasteiger partial charge in [0.15, 0.2) is 0 Å². The summed E-state index contributed by atoms with van der Waals surface area (Å²) in [6, 6.07) is 20.7. The van der Waals surface area contributed by atoms with Crippen LogP contribution in [0.2, 0.25) is 10.0 Å². The number of rotatable bonds is 13. The van der Waals surface area contributed by atoms with Crippen molar-refractivity contribution in [3.8, 4) is 0 Å². The molecule has 3 aromatic carbocycles. The van der Waals surface area contributed by atoms with E-state index in [2.05, 4.69) is 5.32 Å². The van der Waals surface area contributed by atoms with Crippen LogP contribution < -0.4 is 9.62 Å². The number of hydrogen-bond donors (Lipinski definition) is 1. The van der Waals surface area contributed by atoms with Crippen molar-refractivity contribution in [1.29, 1.82) is 0 Å². The van der Waals surface area contributed by atoms with Crippen molar-refractivity contribution in [2.45, 2.75) is 52.6 Å². The van der Waals surface area contributed by atoms with E-state index in [0.717, 1.165) is 21.7 Å². The maximum absolute atomic E-state index is 14.3. The monoisotopic (exact) mass is 631 g/mol. The Morgan fingerprint density at radius 3 is 2.10 bits per heavy atom. The SMILES string of the molecule is CC(C)CNC(=O)[C@@H](Cc1ccccc1)N(Cc1ccc(Cl)c(Cl)c1)C(=O)CN(c1ccccc1C(C)C)S(C)(=O)=O. The van der Waals surface area contributed by atoms with Crippen molar-refractivity contribution in [2.75, 3.05) is 23.7 Å². The molecule has 0 spiro atoms. The number of carbonyl (C=O) groups excluding carboxylic acids is 2. The summed E-state index contributed by atoms with van der Waals surface area (Å²) in [5.41, 5.74) is 2.74. The molecule has 0 heterocycles. The number of para-hydroxylation sites is 1. The van der Waals surface area contributed by atoms with E-state index in [1.54, 1.807) is 30.3 Å². The number of amides is 2. The van der Waals surface area contributed by atoms with Crippen molar-refractivity contribution in [3.63, 3.8) is 0 Å². The molecule has 1 atom stereocenters. The molecule has 0 aliphatic rings. The van der Waals surface area contributed by atoms with Gasteiger partial charge >= 0.3 is 0 Å². The Hall–Kier alpha value is -3.07. The molecule has 0 unspecified atom stereocenters. The topological polar surface area (TPSA) is 86.8 Å². The van der Waals surface area contributed by atoms with Gasteiger partial charge in [0.2, 0.25) is 21.8 Å². The van der Waals surface area contributed by atoms with E-state index in [4.69, 9.17) is 23.2 Å². The summed E-state index contributed by atoms with van der Waals surface area (Å²) in [6.45, 7) is 7.87. The molecule has 0 aromatic heterocycles. The minimum absolute atomic E-state index is 0.0144. The smallest absolute Gasteiger partial charge is 0.244 e. The van der Waals surface area contributed by atoms with Crippen LogP contribution in [0.3, 0.4) is 0 Å². The molecule has 42 heavy (non-hydrogen) atoms. The molecule has 0 saturated heterocycles. The zero-order valence-corrected chi connectivity index (χ0v) is 27.0. The van der Waals surface area contributed by atoms with Gasteiger partial charge in [-0.3, -0.25) is 13.9 Å². The molecular formula is C32H39Cl2N3O4S. The van der Waals surface area contributed by atoms with Gasteiger partial charge < -0.3 is 10.2 Å². The van der Waals surface area contributed by atoms with Crippen LogP contribution in [0, 0.1) is 5.92 Å². The first-order valence-corrected chi connectivity index (χ1v) is 16.5. The fraction of sp³-hybridized carbons (Fsp3) is 0.375. The van der Waals surface area contributed by atoms with Crippen LogP contribution in [0.25, 0.3) is 0 Å². The van der Waals surface area contributed by atoms with E-state index in [9.17, 15) is 18.0 Å². The number of carbonyl (C=O) groups is 2. The number of benzene rings is 3. The fourth-order valence-corrected chi connectivity index (χ4v) is 5.80. The predicted octanol–water partition coefficient (Wildman–Crippen LogP) is 6.30. The van der Waals surface area contributed by atoms with Crippen molar-refractivity contribution < 1.29 is 18.0 Å². The molecule has 2 amide bonds. The van der Waals surface area contributed by atoms with E-state index < -0.39 is 28.5 Å². The molecule has 0 bridgehead atoms. The lowest BCUT2D eigenvalue weighted by molar-refractivity contribution is -0.140. The highest BCUT2D eigenvalue weighted by Crippen LogP contribution is 2.30. The Morgan fingerprint density at radius 2 is 1.50 bits per heavy atom. The highest BCUT2D eigenvalue weighted by Gasteiger charge is 2.33. The average molecular weight is 633 g/mol. The first kappa shape index (κ1) is 33.4. The van der Waals surface area contributed by atoms with Gasteiger partial charge in [-0.2, -0.15) is 0 Å². The summed E-state index contributed by atoms with van der Waals surface area (Å²) in [5.74, 6) is -0.639. The molecular weight excluding hydrogens is 593 g/mol. The number of sulfonamides is 1. The normalized spacial score (nSPS) is 12.3. The van der Waals surface area contributed by atoms with E-state index in [0.29, 0.717) is 27.8 Å². The lowest BCUT2D eigenvalue weighted by atomic mass is 10.0. The quantitative estimate of drug-likeness (QED) is 0.240. The van der Waals surface area contributed by atoms with Crippen LogP contribution in [-0.4, -0.2) is 50.5 Å². The summed E-state index contributed by atoms with van der Waals surface area (Å²) >= 11 is 12.5. The van der Waals surface area contributed by atoms with Crippen molar-refractivity contribution in [3.05, 3.63) is 99.5 Å². The second kappa shape index (κ2) is 14.9. The van der Waals surface area contributed by atoms with E-state index in [1.807, 2.05) is 70.2 Å². The van der Waals surface area contributed by atoms with E-state index >= 15 is 0 Å². The van der Waals surface area contributed by atoms with Crippen LogP contribution in [0.1, 0.15) is 50.3 Å². The lowest BCUT2D eigenvalue weighted by Gasteiger charge is -2.34. The first-order chi connectivity index (χ1) is 19.8. The van der Waals surface area contributed by atoms with Gasteiger partial charge in [0.05, 0.1) is 22.0 Å². The Bertz CT molecular complexity index is 1480. The molecule has 0 aliphatic carbocycles. The summed E-state index contributed by atoms with van der Waals surface area (Å²) < 4.78 is 27.4. The van der Waals surface area contributed by atoms with Gasteiger partial charge in [0, 0.05) is 19.5 Å². The zero-order valence-electron chi connectivity index (χ0n) is 24.7. The van der Waals surface area contributed by atoms with Gasteiger partial charge in [0.25, 0.3) is 0 Å². The number of hydrogen-bond acceptors (Lipinski definition) is 4. The van der Waals surface area contributed by atoms with Crippen LogP contribution in [0.15, 0.2) is 72.8 Å². The third-order valence-electron chi connectivity index (χ3n) is 6.80. The average Bonchev–Trinajstić information content (AvgIpc) is 2.94. The Labute approximate surface area is 259 Å². The van der Waals surface area contributed by atoms with Crippen LogP contribution >= 0.6 is 23.2 Å². The fourth-order valence-electron chi connectivity index (χ4n) is 4.61. The summed E-state index contributed by atoms with van der Waals surface area (Å²) in [4.78, 5) is 29.4. The maximum atomic E-state index is 14.3. The highest BCUT2D eigenvalue weighted by atomic mass is 35.5. The Morgan fingerprint density at radius 1 is 0.857 bits per heavy atom. The highest BCUT2D eigenvalue weighted by molar-refractivity contribution is 7.92. The van der Waals surface area contributed by atoms with Gasteiger partial charge in [-0.25, -0.2) is 8.42 Å². The standard InChI is InChI=1S/C32H39Cl2N3O4S/c1-22(2)19-35-32(39)30(18-24-11-7-6-8-12-24)36(20-25-15-16-27(33)28(34)17-25)31(38)21-37(42(5,40)41)29-14-10-9-13-26(29)23(3)4/h6-17,22-23,30H,18-21H2,1-5H3,(H,35,39)/t30-/m1/s1. The lowest BCUT2D eigenvalue weighted by Crippen LogP contribution is -2.53. The number of halogens is 2. The molecule has 0 fully saturated rings. The van der Waals surface area contributed by atoms with E-state index in [1.165, 1.54) is 4.90 Å². The zero-order chi connectivity index (χ0) is 31.0. The van der Waals surface area contributed by atoms with Gasteiger partial charge in [-0.05, 0) is 46.7 Å². The van der Waals surface area contributed by atoms with Gasteiger partial charge in [-0.1, -0.05) is 105 Å². The summed E-state index contributed by atoms with van der Waals surface area (Å²) in [7, 11) is -3.87. The van der Waals surface area contributed by atoms with Crippen molar-refractivity contribution >= 4 is 50.7 Å². The Kier molecular flexibility index (Phi) is 11.9. The van der Waals surface area contributed by atoms with Crippen LogP contribution in [0.4, 0.5) is 5.69 Å². The second-order valence-corrected chi connectivity index (χ2v) is 13.8. The van der Waals surface area contributed by atoms with Gasteiger partial charge in [-0.15, -0.1) is 0 Å². The minimum Gasteiger partial charge on any atom is -0.354 e. The minimum atomic E-state index is -3.87. The van der Waals surface area contributed by atoms with Crippen molar-refractivity contribution in [2.24, 2.45) is 5.92 Å². The third-order valence-corrected chi connectivity index (χ3v) is 8.66. The number of nitrogens with one attached hydrogen (secondary N) is 1. The van der Waals surface area contributed by atoms with Crippen LogP contribution in [0.5, 0.6) is 0 Å². The largest absolute Gasteiger partial charge is 0.354 e. The molecule has 10 heteroatoms. The van der Waals surface area contributed by atoms with Gasteiger partial charge in [0.1, 0.15) is 12.6 Å². The molecule has 0 radical (unpaired) electrons. The second-order valence-electron chi connectivity index (χ2n) is 11.1. The number of nitrogens with zero attached hydrogens (tertiary/aromatic N) is 2. The van der Waals surface area contributed by atoms with Crippen molar-refractivity contribution in [1.82, 2.24) is 10.2 Å². The van der Waals surface area contributed by atoms with E-state index in [-0.39, 0.29) is 30.7 Å². The molecule has 7 nitrogen and oxygen atoms in total. The number of anilines is 1. The maximum Gasteiger partial charge on any atom is 0.244 e. The molecule has 226 valence electrons. The molecule has 1 N–H and O–H groups in total. The Balaban J connectivity index is 2.10. The molecule has 0 saturated carbocycles. The predicted molar refractivity (Wildman–Crippen MR) is 172 cm³/mol. The molecule has 0 aliphatic heterocycles. The first-order valence-electron chi connectivity index (χ1n) is 13.9. The summed E-state index contributed by atoms with van der Waals surface area (Å²) in [6.07, 6.45) is 1.32. The molecule has 3 aromatic rings. The van der Waals surface area contributed by atoms with Crippen LogP contribution in [-0.2, 0) is 32.6 Å². The summed E-state index contributed by atoms with van der Waals surface area (Å²) in [5, 5.41) is 3.65. The molecule has 3 rings (SSSR count). The third kappa shape index (κ3) is 9.21.